The third kappa shape index (κ3) is 3.54. The van der Waals surface area contributed by atoms with Gasteiger partial charge in [0.2, 0.25) is 5.75 Å². The molecule has 0 saturated carbocycles. The van der Waals surface area contributed by atoms with Crippen LogP contribution in [0.3, 0.4) is 0 Å². The maximum atomic E-state index is 5.38. The van der Waals surface area contributed by atoms with Crippen LogP contribution in [-0.2, 0) is 6.54 Å². The highest BCUT2D eigenvalue weighted by atomic mass is 32.1. The van der Waals surface area contributed by atoms with Crippen molar-refractivity contribution < 1.29 is 4.74 Å². The molecule has 0 fully saturated rings. The van der Waals surface area contributed by atoms with Crippen LogP contribution in [0.5, 0.6) is 5.75 Å². The molecular weight excluding hydrogens is 262 g/mol. The Morgan fingerprint density at radius 1 is 1.26 bits per heavy atom. The summed E-state index contributed by atoms with van der Waals surface area (Å²) in [6.07, 6.45) is 4.38. The van der Waals surface area contributed by atoms with E-state index in [4.69, 9.17) is 4.74 Å². The Kier molecular flexibility index (Phi) is 4.91. The molecule has 102 valence electrons. The average Bonchev–Trinajstić information content (AvgIpc) is 2.96. The molecule has 0 aromatic carbocycles. The minimum absolute atomic E-state index is 0.639. The Morgan fingerprint density at radius 3 is 2.68 bits per heavy atom. The Labute approximate surface area is 116 Å². The monoisotopic (exact) mass is 279 g/mol. The zero-order valence-electron chi connectivity index (χ0n) is 11.0. The maximum Gasteiger partial charge on any atom is 0.204 e. The van der Waals surface area contributed by atoms with Gasteiger partial charge in [-0.15, -0.1) is 11.3 Å². The van der Waals surface area contributed by atoms with Gasteiger partial charge in [-0.1, -0.05) is 6.92 Å². The number of thiazole rings is 1. The third-order valence-electron chi connectivity index (χ3n) is 2.46. The molecule has 2 aromatic rings. The van der Waals surface area contributed by atoms with Crippen molar-refractivity contribution in [3.8, 4) is 5.75 Å². The molecule has 2 heterocycles. The summed E-state index contributed by atoms with van der Waals surface area (Å²) in [6, 6.07) is 0. The molecule has 19 heavy (non-hydrogen) atoms. The van der Waals surface area contributed by atoms with Crippen LogP contribution < -0.4 is 15.4 Å². The van der Waals surface area contributed by atoms with Crippen molar-refractivity contribution in [1.82, 2.24) is 15.0 Å². The number of rotatable bonds is 7. The van der Waals surface area contributed by atoms with Crippen molar-refractivity contribution in [2.45, 2.75) is 19.9 Å². The lowest BCUT2D eigenvalue weighted by Crippen LogP contribution is -2.08. The number of nitrogens with one attached hydrogen (secondary N) is 2. The maximum absolute atomic E-state index is 5.38. The van der Waals surface area contributed by atoms with Gasteiger partial charge in [0.1, 0.15) is 6.33 Å². The van der Waals surface area contributed by atoms with Crippen LogP contribution in [0.2, 0.25) is 0 Å². The standard InChI is InChI=1S/C12H17N5OS/c1-3-4-14-11-10(18-2)12(17-7-16-11)15-6-9-5-13-8-19-9/h5,7-8H,3-4,6H2,1-2H3,(H2,14,15,16,17). The predicted octanol–water partition coefficient (Wildman–Crippen LogP) is 2.38. The van der Waals surface area contributed by atoms with E-state index in [0.717, 1.165) is 17.8 Å². The van der Waals surface area contributed by atoms with E-state index in [2.05, 4.69) is 32.5 Å². The lowest BCUT2D eigenvalue weighted by atomic mass is 10.4. The van der Waals surface area contributed by atoms with Gasteiger partial charge in [-0.2, -0.15) is 0 Å². The first kappa shape index (κ1) is 13.5. The van der Waals surface area contributed by atoms with Gasteiger partial charge in [0.15, 0.2) is 11.6 Å². The van der Waals surface area contributed by atoms with E-state index in [0.29, 0.717) is 23.9 Å². The van der Waals surface area contributed by atoms with Crippen molar-refractivity contribution in [1.29, 1.82) is 0 Å². The third-order valence-corrected chi connectivity index (χ3v) is 3.24. The largest absolute Gasteiger partial charge is 0.490 e. The van der Waals surface area contributed by atoms with E-state index in [1.165, 1.54) is 6.33 Å². The van der Waals surface area contributed by atoms with Crippen LogP contribution >= 0.6 is 11.3 Å². The molecule has 2 N–H and O–H groups in total. The number of hydrogen-bond acceptors (Lipinski definition) is 7. The van der Waals surface area contributed by atoms with Crippen molar-refractivity contribution in [3.05, 3.63) is 22.9 Å². The van der Waals surface area contributed by atoms with Crippen molar-refractivity contribution in [2.24, 2.45) is 0 Å². The highest BCUT2D eigenvalue weighted by molar-refractivity contribution is 7.09. The second-order valence-corrected chi connectivity index (χ2v) is 4.82. The molecule has 0 amide bonds. The van der Waals surface area contributed by atoms with E-state index in [9.17, 15) is 0 Å². The number of ether oxygens (including phenoxy) is 1. The number of nitrogens with zero attached hydrogens (tertiary/aromatic N) is 3. The fourth-order valence-corrected chi connectivity index (χ4v) is 2.10. The van der Waals surface area contributed by atoms with E-state index in [1.807, 2.05) is 11.7 Å². The summed E-state index contributed by atoms with van der Waals surface area (Å²) in [4.78, 5) is 13.6. The van der Waals surface area contributed by atoms with E-state index >= 15 is 0 Å². The Morgan fingerprint density at radius 2 is 2.05 bits per heavy atom. The summed E-state index contributed by atoms with van der Waals surface area (Å²) in [7, 11) is 1.62. The highest BCUT2D eigenvalue weighted by Crippen LogP contribution is 2.29. The van der Waals surface area contributed by atoms with Gasteiger partial charge in [-0.3, -0.25) is 4.98 Å². The van der Waals surface area contributed by atoms with E-state index < -0.39 is 0 Å². The summed E-state index contributed by atoms with van der Waals surface area (Å²) < 4.78 is 5.38. The molecule has 0 aliphatic heterocycles. The van der Waals surface area contributed by atoms with Gasteiger partial charge in [-0.25, -0.2) is 9.97 Å². The molecule has 6 nitrogen and oxygen atoms in total. The van der Waals surface area contributed by atoms with E-state index in [-0.39, 0.29) is 0 Å². The SMILES string of the molecule is CCCNc1ncnc(NCc2cncs2)c1OC. The number of methoxy groups -OCH3 is 1. The summed E-state index contributed by atoms with van der Waals surface area (Å²) in [6.45, 7) is 3.62. The van der Waals surface area contributed by atoms with Gasteiger partial charge in [0.25, 0.3) is 0 Å². The quantitative estimate of drug-likeness (QED) is 0.810. The summed E-state index contributed by atoms with van der Waals surface area (Å²) >= 11 is 1.60. The molecule has 7 heteroatoms. The first-order chi connectivity index (χ1) is 9.35. The van der Waals surface area contributed by atoms with Crippen molar-refractivity contribution in [3.63, 3.8) is 0 Å². The minimum atomic E-state index is 0.639. The predicted molar refractivity (Wildman–Crippen MR) is 76.8 cm³/mol. The minimum Gasteiger partial charge on any atom is -0.490 e. The zero-order chi connectivity index (χ0) is 13.5. The first-order valence-electron chi connectivity index (χ1n) is 6.09. The molecule has 2 rings (SSSR count). The zero-order valence-corrected chi connectivity index (χ0v) is 11.8. The second-order valence-electron chi connectivity index (χ2n) is 3.85. The van der Waals surface area contributed by atoms with Gasteiger partial charge < -0.3 is 15.4 Å². The highest BCUT2D eigenvalue weighted by Gasteiger charge is 2.11. The Hall–Kier alpha value is -1.89. The van der Waals surface area contributed by atoms with Gasteiger partial charge in [0, 0.05) is 17.6 Å². The summed E-state index contributed by atoms with van der Waals surface area (Å²) in [5, 5.41) is 6.46. The molecule has 0 atom stereocenters. The van der Waals surface area contributed by atoms with Crippen LogP contribution in [0.4, 0.5) is 11.6 Å². The smallest absolute Gasteiger partial charge is 0.204 e. The second kappa shape index (κ2) is 6.89. The normalized spacial score (nSPS) is 10.2. The molecule has 0 radical (unpaired) electrons. The lowest BCUT2D eigenvalue weighted by molar-refractivity contribution is 0.414. The Balaban J connectivity index is 2.10. The number of hydrogen-bond donors (Lipinski definition) is 2. The van der Waals surface area contributed by atoms with Gasteiger partial charge in [-0.05, 0) is 6.42 Å². The molecule has 0 saturated heterocycles. The molecular formula is C12H17N5OS. The molecule has 2 aromatic heterocycles. The number of anilines is 2. The van der Waals surface area contributed by atoms with Gasteiger partial charge >= 0.3 is 0 Å². The fraction of sp³-hybridized carbons (Fsp3) is 0.417. The van der Waals surface area contributed by atoms with Crippen LogP contribution in [0.1, 0.15) is 18.2 Å². The number of aromatic nitrogens is 3. The fourth-order valence-electron chi connectivity index (χ4n) is 1.56. The Bertz CT molecular complexity index is 503. The average molecular weight is 279 g/mol. The molecule has 0 spiro atoms. The van der Waals surface area contributed by atoms with Crippen LogP contribution in [0, 0.1) is 0 Å². The first-order valence-corrected chi connectivity index (χ1v) is 6.97. The molecule has 0 aliphatic rings. The van der Waals surface area contributed by atoms with Crippen molar-refractivity contribution >= 4 is 23.0 Å². The molecule has 0 unspecified atom stereocenters. The topological polar surface area (TPSA) is 72.0 Å². The van der Waals surface area contributed by atoms with Crippen molar-refractivity contribution in [2.75, 3.05) is 24.3 Å². The van der Waals surface area contributed by atoms with Gasteiger partial charge in [0.05, 0.1) is 19.2 Å². The molecule has 0 aliphatic carbocycles. The summed E-state index contributed by atoms with van der Waals surface area (Å²) in [5.74, 6) is 2.04. The van der Waals surface area contributed by atoms with Crippen LogP contribution in [-0.4, -0.2) is 28.6 Å². The van der Waals surface area contributed by atoms with Crippen LogP contribution in [0.15, 0.2) is 18.0 Å². The summed E-state index contributed by atoms with van der Waals surface area (Å²) in [5.41, 5.74) is 1.81. The van der Waals surface area contributed by atoms with Crippen LogP contribution in [0.25, 0.3) is 0 Å². The van der Waals surface area contributed by atoms with E-state index in [1.54, 1.807) is 18.4 Å². The lowest BCUT2D eigenvalue weighted by Gasteiger charge is -2.13. The molecule has 0 bridgehead atoms.